The monoisotopic (exact) mass is 279 g/mol. The van der Waals surface area contributed by atoms with E-state index in [-0.39, 0.29) is 36.6 Å². The Morgan fingerprint density at radius 1 is 1.50 bits per heavy atom. The molecule has 0 aromatic heterocycles. The summed E-state index contributed by atoms with van der Waals surface area (Å²) in [6.07, 6.45) is 0. The van der Waals surface area contributed by atoms with E-state index in [9.17, 15) is 14.9 Å². The molecule has 0 radical (unpaired) electrons. The molecule has 0 aliphatic rings. The third-order valence-corrected chi connectivity index (χ3v) is 2.25. The molecule has 0 atom stereocenters. The number of methoxy groups -OCH3 is 1. The summed E-state index contributed by atoms with van der Waals surface area (Å²) < 4.78 is 9.41. The molecular weight excluding hydrogens is 266 g/mol. The lowest BCUT2D eigenvalue weighted by molar-refractivity contribution is -0.385. The molecular formula is C13H13NO6. The van der Waals surface area contributed by atoms with Gasteiger partial charge in [0.05, 0.1) is 30.8 Å². The highest BCUT2D eigenvalue weighted by Crippen LogP contribution is 2.19. The number of esters is 1. The van der Waals surface area contributed by atoms with Crippen molar-refractivity contribution in [2.24, 2.45) is 0 Å². The van der Waals surface area contributed by atoms with Gasteiger partial charge in [0.25, 0.3) is 5.69 Å². The first-order valence-corrected chi connectivity index (χ1v) is 5.64. The van der Waals surface area contributed by atoms with Crippen molar-refractivity contribution in [1.82, 2.24) is 0 Å². The molecule has 0 heterocycles. The van der Waals surface area contributed by atoms with Crippen molar-refractivity contribution in [2.45, 2.75) is 0 Å². The number of rotatable bonds is 5. The van der Waals surface area contributed by atoms with Gasteiger partial charge in [-0.3, -0.25) is 10.1 Å². The first-order chi connectivity index (χ1) is 9.60. The van der Waals surface area contributed by atoms with E-state index in [1.807, 2.05) is 0 Å². The summed E-state index contributed by atoms with van der Waals surface area (Å²) in [5.74, 6) is 4.52. The average Bonchev–Trinajstić information content (AvgIpc) is 2.46. The Balaban J connectivity index is 2.96. The smallest absolute Gasteiger partial charge is 0.338 e. The van der Waals surface area contributed by atoms with Gasteiger partial charge in [-0.15, -0.1) is 0 Å². The fourth-order valence-corrected chi connectivity index (χ4v) is 1.35. The maximum absolute atomic E-state index is 11.3. The van der Waals surface area contributed by atoms with Gasteiger partial charge in [-0.05, 0) is 12.1 Å². The molecule has 1 aromatic rings. The van der Waals surface area contributed by atoms with E-state index in [0.717, 1.165) is 6.07 Å². The molecule has 0 bridgehead atoms. The van der Waals surface area contributed by atoms with E-state index in [0.29, 0.717) is 0 Å². The van der Waals surface area contributed by atoms with E-state index in [1.165, 1.54) is 19.2 Å². The molecule has 0 saturated heterocycles. The van der Waals surface area contributed by atoms with Gasteiger partial charge in [-0.2, -0.15) is 0 Å². The second-order valence-electron chi connectivity index (χ2n) is 3.56. The molecule has 20 heavy (non-hydrogen) atoms. The Morgan fingerprint density at radius 2 is 2.25 bits per heavy atom. The van der Waals surface area contributed by atoms with Crippen LogP contribution in [-0.4, -0.2) is 42.9 Å². The quantitative estimate of drug-likeness (QED) is 0.280. The van der Waals surface area contributed by atoms with Crippen molar-refractivity contribution in [3.63, 3.8) is 0 Å². The second kappa shape index (κ2) is 7.89. The predicted molar refractivity (Wildman–Crippen MR) is 69.2 cm³/mol. The largest absolute Gasteiger partial charge is 0.465 e. The number of carbonyl (C=O) groups is 1. The number of hydrogen-bond acceptors (Lipinski definition) is 6. The molecule has 0 unspecified atom stereocenters. The molecule has 1 N–H and O–H groups in total. The summed E-state index contributed by atoms with van der Waals surface area (Å²) >= 11 is 0. The Morgan fingerprint density at radius 3 is 2.85 bits per heavy atom. The minimum atomic E-state index is -0.654. The van der Waals surface area contributed by atoms with Gasteiger partial charge in [-0.25, -0.2) is 4.79 Å². The molecule has 7 nitrogen and oxygen atoms in total. The van der Waals surface area contributed by atoms with Crippen LogP contribution in [0.2, 0.25) is 0 Å². The van der Waals surface area contributed by atoms with Crippen molar-refractivity contribution in [3.8, 4) is 11.8 Å². The highest BCUT2D eigenvalue weighted by molar-refractivity contribution is 5.90. The summed E-state index contributed by atoms with van der Waals surface area (Å²) in [4.78, 5) is 21.6. The zero-order valence-electron chi connectivity index (χ0n) is 10.8. The van der Waals surface area contributed by atoms with Crippen molar-refractivity contribution >= 4 is 11.7 Å². The van der Waals surface area contributed by atoms with Crippen LogP contribution in [0.15, 0.2) is 18.2 Å². The van der Waals surface area contributed by atoms with Gasteiger partial charge < -0.3 is 14.6 Å². The third kappa shape index (κ3) is 4.35. The van der Waals surface area contributed by atoms with Crippen LogP contribution in [0.3, 0.4) is 0 Å². The minimum Gasteiger partial charge on any atom is -0.465 e. The molecule has 0 spiro atoms. The molecule has 7 heteroatoms. The van der Waals surface area contributed by atoms with Crippen LogP contribution in [0.4, 0.5) is 5.69 Å². The van der Waals surface area contributed by atoms with Crippen molar-refractivity contribution in [3.05, 3.63) is 39.4 Å². The maximum Gasteiger partial charge on any atom is 0.338 e. The number of carbonyl (C=O) groups excluding carboxylic acids is 1. The second-order valence-corrected chi connectivity index (χ2v) is 3.56. The molecule has 0 fully saturated rings. The van der Waals surface area contributed by atoms with Crippen LogP contribution in [0.5, 0.6) is 0 Å². The van der Waals surface area contributed by atoms with Crippen LogP contribution in [0.25, 0.3) is 0 Å². The average molecular weight is 279 g/mol. The Hall–Kier alpha value is -2.43. The lowest BCUT2D eigenvalue weighted by atomic mass is 10.1. The van der Waals surface area contributed by atoms with Gasteiger partial charge in [0.2, 0.25) is 0 Å². The topological polar surface area (TPSA) is 98.9 Å². The standard InChI is InChI=1S/C13H13NO6/c1-19-13(16)11-5-4-10(12(9-11)14(17)18)3-2-7-20-8-6-15/h4-5,9,15H,6-8H2,1H3. The molecule has 0 aliphatic heterocycles. The predicted octanol–water partition coefficient (Wildman–Crippen LogP) is 0.742. The molecule has 106 valence electrons. The van der Waals surface area contributed by atoms with Crippen LogP contribution in [0.1, 0.15) is 15.9 Å². The normalized spacial score (nSPS) is 9.50. The van der Waals surface area contributed by atoms with E-state index >= 15 is 0 Å². The molecule has 1 rings (SSSR count). The summed E-state index contributed by atoms with van der Waals surface area (Å²) in [7, 11) is 1.19. The molecule has 1 aromatic carbocycles. The fourth-order valence-electron chi connectivity index (χ4n) is 1.35. The third-order valence-electron chi connectivity index (χ3n) is 2.25. The summed E-state index contributed by atoms with van der Waals surface area (Å²) in [6, 6.07) is 3.89. The van der Waals surface area contributed by atoms with E-state index in [4.69, 9.17) is 9.84 Å². The van der Waals surface area contributed by atoms with Crippen LogP contribution in [-0.2, 0) is 9.47 Å². The molecule has 0 amide bonds. The number of hydrogen-bond donors (Lipinski definition) is 1. The number of nitro groups is 1. The van der Waals surface area contributed by atoms with Crippen LogP contribution >= 0.6 is 0 Å². The van der Waals surface area contributed by atoms with Gasteiger partial charge in [0, 0.05) is 6.07 Å². The summed E-state index contributed by atoms with van der Waals surface area (Å²) in [5, 5.41) is 19.4. The number of nitro benzene ring substituents is 1. The van der Waals surface area contributed by atoms with Gasteiger partial charge in [-0.1, -0.05) is 11.8 Å². The van der Waals surface area contributed by atoms with Crippen LogP contribution in [0, 0.1) is 22.0 Å². The van der Waals surface area contributed by atoms with Crippen molar-refractivity contribution < 1.29 is 24.3 Å². The van der Waals surface area contributed by atoms with Gasteiger partial charge in [0.15, 0.2) is 0 Å². The van der Waals surface area contributed by atoms with Crippen LogP contribution < -0.4 is 0 Å². The van der Waals surface area contributed by atoms with E-state index < -0.39 is 10.9 Å². The van der Waals surface area contributed by atoms with E-state index in [2.05, 4.69) is 16.6 Å². The van der Waals surface area contributed by atoms with Gasteiger partial charge in [0.1, 0.15) is 12.2 Å². The van der Waals surface area contributed by atoms with E-state index in [1.54, 1.807) is 0 Å². The number of nitrogens with zero attached hydrogens (tertiary/aromatic N) is 1. The summed E-state index contributed by atoms with van der Waals surface area (Å²) in [6.45, 7) is 0.0875. The number of ether oxygens (including phenoxy) is 2. The minimum absolute atomic E-state index is 0.0521. The maximum atomic E-state index is 11.3. The summed E-state index contributed by atoms with van der Waals surface area (Å²) in [5.41, 5.74) is -0.0147. The highest BCUT2D eigenvalue weighted by atomic mass is 16.6. The Labute approximate surface area is 115 Å². The lowest BCUT2D eigenvalue weighted by Gasteiger charge is -2.00. The lowest BCUT2D eigenvalue weighted by Crippen LogP contribution is -2.03. The SMILES string of the molecule is COC(=O)c1ccc(C#CCOCCO)c([N+](=O)[O-])c1. The van der Waals surface area contributed by atoms with Crippen molar-refractivity contribution in [1.29, 1.82) is 0 Å². The van der Waals surface area contributed by atoms with Crippen molar-refractivity contribution in [2.75, 3.05) is 26.9 Å². The first-order valence-electron chi connectivity index (χ1n) is 5.64. The number of aliphatic hydroxyl groups excluding tert-OH is 1. The fraction of sp³-hybridized carbons (Fsp3) is 0.308. The Bertz CT molecular complexity index is 558. The molecule has 0 aliphatic carbocycles. The first kappa shape index (κ1) is 15.6. The molecule has 0 saturated carbocycles. The zero-order chi connectivity index (χ0) is 15.0. The zero-order valence-corrected chi connectivity index (χ0v) is 10.8. The highest BCUT2D eigenvalue weighted by Gasteiger charge is 2.16. The number of aliphatic hydroxyl groups is 1. The number of benzene rings is 1. The Kier molecular flexibility index (Phi) is 6.16. The van der Waals surface area contributed by atoms with Gasteiger partial charge >= 0.3 is 5.97 Å².